The largest absolute Gasteiger partial charge is 0.392 e. The van der Waals surface area contributed by atoms with Crippen LogP contribution in [-0.4, -0.2) is 43.5 Å². The highest BCUT2D eigenvalue weighted by molar-refractivity contribution is 5.96. The number of benzene rings is 3. The molecule has 0 aromatic heterocycles. The molecule has 1 heterocycles. The number of likely N-dealkylation sites (N-methyl/N-ethyl adjacent to an activating group) is 1. The molecule has 1 saturated heterocycles. The summed E-state index contributed by atoms with van der Waals surface area (Å²) in [6, 6.07) is 26.0. The van der Waals surface area contributed by atoms with Gasteiger partial charge in [-0.1, -0.05) is 80.6 Å². The Hall–Kier alpha value is -3.15. The van der Waals surface area contributed by atoms with Crippen LogP contribution in [0.3, 0.4) is 0 Å². The minimum atomic E-state index is -0.00618. The average molecular weight is 472 g/mol. The second-order valence-electron chi connectivity index (χ2n) is 9.46. The maximum atomic E-state index is 12.1. The van der Waals surface area contributed by atoms with Crippen LogP contribution >= 0.6 is 0 Å². The molecule has 1 amide bonds. The summed E-state index contributed by atoms with van der Waals surface area (Å²) in [6.45, 7) is 11.2. The van der Waals surface area contributed by atoms with Gasteiger partial charge in [0.05, 0.1) is 31.4 Å². The van der Waals surface area contributed by atoms with Crippen LogP contribution in [0.25, 0.3) is 0 Å². The lowest BCUT2D eigenvalue weighted by molar-refractivity contribution is -0.115. The van der Waals surface area contributed by atoms with Crippen molar-refractivity contribution >= 4 is 23.0 Å². The number of piperazine rings is 1. The van der Waals surface area contributed by atoms with Gasteiger partial charge in [0, 0.05) is 25.1 Å². The Morgan fingerprint density at radius 2 is 1.49 bits per heavy atom. The molecular formula is C30H39N4O+. The van der Waals surface area contributed by atoms with Crippen molar-refractivity contribution in [3.05, 3.63) is 89.5 Å². The molecule has 0 bridgehead atoms. The number of amides is 1. The molecule has 1 aliphatic heterocycles. The molecule has 184 valence electrons. The quantitative estimate of drug-likeness (QED) is 0.332. The van der Waals surface area contributed by atoms with Crippen molar-refractivity contribution in [3.8, 4) is 0 Å². The Labute approximate surface area is 210 Å². The maximum Gasteiger partial charge on any atom is 0.224 e. The van der Waals surface area contributed by atoms with Crippen molar-refractivity contribution in [2.45, 2.75) is 39.7 Å². The number of rotatable bonds is 8. The molecule has 5 nitrogen and oxygen atoms in total. The molecule has 1 aliphatic rings. The Kier molecular flexibility index (Phi) is 7.89. The van der Waals surface area contributed by atoms with E-state index in [-0.39, 0.29) is 11.9 Å². The number of nitrogens with one attached hydrogen (secondary N) is 1. The van der Waals surface area contributed by atoms with Gasteiger partial charge in [0.25, 0.3) is 0 Å². The zero-order valence-electron chi connectivity index (χ0n) is 21.3. The van der Waals surface area contributed by atoms with E-state index in [0.717, 1.165) is 55.0 Å². The van der Waals surface area contributed by atoms with Crippen molar-refractivity contribution in [1.29, 1.82) is 0 Å². The van der Waals surface area contributed by atoms with Crippen molar-refractivity contribution < 1.29 is 4.79 Å². The Morgan fingerprint density at radius 1 is 0.914 bits per heavy atom. The number of nitrogens with zero attached hydrogens (tertiary/aromatic N) is 2. The predicted octanol–water partition coefficient (Wildman–Crippen LogP) is 5.61. The highest BCUT2D eigenvalue weighted by Crippen LogP contribution is 2.41. The van der Waals surface area contributed by atoms with Gasteiger partial charge in [0.15, 0.2) is 5.69 Å². The van der Waals surface area contributed by atoms with Crippen LogP contribution < -0.4 is 15.5 Å². The molecule has 4 rings (SSSR count). The minimum Gasteiger partial charge on any atom is -0.392 e. The summed E-state index contributed by atoms with van der Waals surface area (Å²) in [5.74, 6) is -0.00618. The number of hydrogen-bond donors (Lipinski definition) is 2. The highest BCUT2D eigenvalue weighted by atomic mass is 16.1. The van der Waals surface area contributed by atoms with Gasteiger partial charge in [0.2, 0.25) is 5.91 Å². The molecule has 0 radical (unpaired) electrons. The second-order valence-corrected chi connectivity index (χ2v) is 9.46. The Morgan fingerprint density at radius 3 is 1.97 bits per heavy atom. The molecule has 3 N–H and O–H groups in total. The molecule has 3 aromatic rings. The molecule has 5 heteroatoms. The second kappa shape index (κ2) is 11.1. The third kappa shape index (κ3) is 5.12. The van der Waals surface area contributed by atoms with Crippen molar-refractivity contribution in [2.24, 2.45) is 0 Å². The first-order chi connectivity index (χ1) is 17.0. The van der Waals surface area contributed by atoms with E-state index in [0.29, 0.717) is 6.42 Å². The van der Waals surface area contributed by atoms with Gasteiger partial charge in [-0.25, -0.2) is 0 Å². The molecule has 1 fully saturated rings. The van der Waals surface area contributed by atoms with E-state index in [1.165, 1.54) is 22.4 Å². The smallest absolute Gasteiger partial charge is 0.224 e. The van der Waals surface area contributed by atoms with Crippen molar-refractivity contribution in [3.63, 3.8) is 0 Å². The molecular weight excluding hydrogens is 432 g/mol. The van der Waals surface area contributed by atoms with Gasteiger partial charge in [-0.15, -0.1) is 0 Å². The monoisotopic (exact) mass is 471 g/mol. The van der Waals surface area contributed by atoms with Crippen molar-refractivity contribution in [2.75, 3.05) is 43.8 Å². The molecule has 3 aromatic carbocycles. The number of carbonyl (C=O) groups is 1. The van der Waals surface area contributed by atoms with E-state index < -0.39 is 0 Å². The fraction of sp³-hybridized carbons (Fsp3) is 0.367. The van der Waals surface area contributed by atoms with Gasteiger partial charge in [-0.2, -0.15) is 0 Å². The number of anilines is 2. The standard InChI is InChI=1S/C30H38N4O/c1-4-23-17-18-26(32-27(35)5-2)28(31)30(23)34(6-3)21-19-33(20-22-34)29(24-13-9-7-10-14-24)25-15-11-8-12-16-25/h7-18,29H,4-6,19-22,31H2,1-3H3/p+1. The van der Waals surface area contributed by atoms with Crippen LogP contribution in [0.15, 0.2) is 72.8 Å². The topological polar surface area (TPSA) is 58.4 Å². The Balaban J connectivity index is 1.67. The van der Waals surface area contributed by atoms with E-state index in [2.05, 4.69) is 90.8 Å². The number of aryl methyl sites for hydroxylation is 1. The molecule has 35 heavy (non-hydrogen) atoms. The molecule has 0 aliphatic carbocycles. The Bertz CT molecular complexity index is 1080. The average Bonchev–Trinajstić information content (AvgIpc) is 2.91. The summed E-state index contributed by atoms with van der Waals surface area (Å²) in [7, 11) is 0. The number of nitrogen functional groups attached to an aromatic ring is 1. The van der Waals surface area contributed by atoms with Crippen LogP contribution in [-0.2, 0) is 11.2 Å². The molecule has 0 spiro atoms. The summed E-state index contributed by atoms with van der Waals surface area (Å²) < 4.78 is 0.845. The normalized spacial score (nSPS) is 15.8. The van der Waals surface area contributed by atoms with Crippen LogP contribution in [0.1, 0.15) is 49.9 Å². The van der Waals surface area contributed by atoms with Crippen molar-refractivity contribution in [1.82, 2.24) is 9.38 Å². The third-order valence-electron chi connectivity index (χ3n) is 7.58. The number of carbonyl (C=O) groups excluding carboxylic acids is 1. The number of hydrogen-bond acceptors (Lipinski definition) is 3. The van der Waals surface area contributed by atoms with Crippen LogP contribution in [0.4, 0.5) is 17.1 Å². The summed E-state index contributed by atoms with van der Waals surface area (Å²) in [5, 5.41) is 3.02. The summed E-state index contributed by atoms with van der Waals surface area (Å²) >= 11 is 0. The van der Waals surface area contributed by atoms with E-state index in [4.69, 9.17) is 5.73 Å². The maximum absolute atomic E-state index is 12.1. The lowest BCUT2D eigenvalue weighted by Gasteiger charge is -2.47. The first-order valence-corrected chi connectivity index (χ1v) is 12.9. The predicted molar refractivity (Wildman–Crippen MR) is 148 cm³/mol. The van der Waals surface area contributed by atoms with Gasteiger partial charge in [0.1, 0.15) is 5.69 Å². The fourth-order valence-electron chi connectivity index (χ4n) is 5.55. The van der Waals surface area contributed by atoms with E-state index >= 15 is 0 Å². The zero-order chi connectivity index (χ0) is 24.8. The number of nitrogens with two attached hydrogens (primary N) is 1. The summed E-state index contributed by atoms with van der Waals surface area (Å²) in [6.07, 6.45) is 1.36. The lowest BCUT2D eigenvalue weighted by Crippen LogP contribution is -2.61. The van der Waals surface area contributed by atoms with E-state index in [1.54, 1.807) is 0 Å². The van der Waals surface area contributed by atoms with Crippen LogP contribution in [0.2, 0.25) is 0 Å². The van der Waals surface area contributed by atoms with Gasteiger partial charge >= 0.3 is 0 Å². The van der Waals surface area contributed by atoms with E-state index in [1.807, 2.05) is 13.0 Å². The fourth-order valence-corrected chi connectivity index (χ4v) is 5.55. The molecule has 0 saturated carbocycles. The van der Waals surface area contributed by atoms with Crippen LogP contribution in [0.5, 0.6) is 0 Å². The van der Waals surface area contributed by atoms with Crippen LogP contribution in [0, 0.1) is 0 Å². The summed E-state index contributed by atoms with van der Waals surface area (Å²) in [5.41, 5.74) is 13.4. The van der Waals surface area contributed by atoms with E-state index in [9.17, 15) is 4.79 Å². The minimum absolute atomic E-state index is 0.00618. The van der Waals surface area contributed by atoms with Gasteiger partial charge < -0.3 is 11.1 Å². The molecule has 0 atom stereocenters. The third-order valence-corrected chi connectivity index (χ3v) is 7.58. The highest BCUT2D eigenvalue weighted by Gasteiger charge is 2.39. The first-order valence-electron chi connectivity index (χ1n) is 12.9. The molecule has 0 unspecified atom stereocenters. The lowest BCUT2D eigenvalue weighted by atomic mass is 9.95. The summed E-state index contributed by atoms with van der Waals surface area (Å²) in [4.78, 5) is 14.7. The SMILES string of the molecule is CCC(=O)Nc1ccc(CC)c([N+]2(CC)CCN(C(c3ccccc3)c3ccccc3)CC2)c1N. The first kappa shape index (κ1) is 25.0. The van der Waals surface area contributed by atoms with Gasteiger partial charge in [-0.3, -0.25) is 14.2 Å². The zero-order valence-corrected chi connectivity index (χ0v) is 21.3. The number of quaternary nitrogens is 1. The van der Waals surface area contributed by atoms with Gasteiger partial charge in [-0.05, 0) is 30.5 Å².